The van der Waals surface area contributed by atoms with Gasteiger partial charge in [0.2, 0.25) is 11.8 Å². The number of fused-ring (bicyclic) bond motifs is 2. The lowest BCUT2D eigenvalue weighted by atomic mass is 9.73. The number of aryl methyl sites for hydroxylation is 2. The van der Waals surface area contributed by atoms with Crippen LogP contribution in [0.2, 0.25) is 0 Å². The highest BCUT2D eigenvalue weighted by atomic mass is 16.5. The van der Waals surface area contributed by atoms with E-state index < -0.39 is 5.41 Å². The van der Waals surface area contributed by atoms with Crippen molar-refractivity contribution in [2.75, 3.05) is 19.7 Å². The largest absolute Gasteiger partial charge is 0.491 e. The molecule has 1 atom stereocenters. The molecule has 2 amide bonds. The van der Waals surface area contributed by atoms with Crippen LogP contribution in [0.3, 0.4) is 0 Å². The predicted molar refractivity (Wildman–Crippen MR) is 149 cm³/mol. The molecule has 3 heterocycles. The van der Waals surface area contributed by atoms with Gasteiger partial charge in [-0.3, -0.25) is 9.59 Å². The molecule has 1 saturated heterocycles. The average Bonchev–Trinajstić information content (AvgIpc) is 3.35. The summed E-state index contributed by atoms with van der Waals surface area (Å²) in [6.45, 7) is 3.77. The van der Waals surface area contributed by atoms with Crippen molar-refractivity contribution < 1.29 is 14.3 Å². The SMILES string of the molecule is C[C@H]1COc2ccccc2CCCCC2(CCN(C(=O)CCCCc3nc4ccccc4[nH]3)CC2)C(=O)N1. The van der Waals surface area contributed by atoms with Gasteiger partial charge in [-0.15, -0.1) is 0 Å². The molecule has 1 fully saturated rings. The minimum absolute atomic E-state index is 0.0710. The van der Waals surface area contributed by atoms with Crippen molar-refractivity contribution in [3.8, 4) is 5.75 Å². The monoisotopic (exact) mass is 516 g/mol. The Morgan fingerprint density at radius 2 is 1.84 bits per heavy atom. The highest BCUT2D eigenvalue weighted by molar-refractivity contribution is 5.84. The number of benzene rings is 2. The number of hydrogen-bond donors (Lipinski definition) is 2. The summed E-state index contributed by atoms with van der Waals surface area (Å²) in [6.07, 6.45) is 8.47. The zero-order chi connectivity index (χ0) is 26.4. The smallest absolute Gasteiger partial charge is 0.226 e. The third-order valence-electron chi connectivity index (χ3n) is 8.24. The van der Waals surface area contributed by atoms with Crippen LogP contribution in [0.4, 0.5) is 0 Å². The number of H-pyrrole nitrogens is 1. The van der Waals surface area contributed by atoms with Gasteiger partial charge in [0.1, 0.15) is 18.2 Å². The molecule has 2 aromatic carbocycles. The summed E-state index contributed by atoms with van der Waals surface area (Å²) in [7, 11) is 0. The molecule has 3 aromatic rings. The van der Waals surface area contributed by atoms with Gasteiger partial charge in [-0.05, 0) is 75.6 Å². The van der Waals surface area contributed by atoms with Crippen LogP contribution in [0.5, 0.6) is 5.75 Å². The summed E-state index contributed by atoms with van der Waals surface area (Å²) < 4.78 is 6.06. The van der Waals surface area contributed by atoms with Crippen LogP contribution in [-0.2, 0) is 22.4 Å². The van der Waals surface area contributed by atoms with E-state index in [9.17, 15) is 9.59 Å². The molecule has 7 heteroatoms. The normalized spacial score (nSPS) is 20.2. The van der Waals surface area contributed by atoms with Crippen LogP contribution in [-0.4, -0.2) is 52.4 Å². The highest BCUT2D eigenvalue weighted by Crippen LogP contribution is 2.38. The first-order valence-corrected chi connectivity index (χ1v) is 14.3. The van der Waals surface area contributed by atoms with Crippen LogP contribution in [0.1, 0.15) is 69.7 Å². The summed E-state index contributed by atoms with van der Waals surface area (Å²) in [5.74, 6) is 2.24. The number of hydrogen-bond acceptors (Lipinski definition) is 4. The molecule has 38 heavy (non-hydrogen) atoms. The van der Waals surface area contributed by atoms with E-state index in [1.54, 1.807) is 0 Å². The number of nitrogens with one attached hydrogen (secondary N) is 2. The van der Waals surface area contributed by atoms with Gasteiger partial charge in [-0.25, -0.2) is 4.98 Å². The zero-order valence-corrected chi connectivity index (χ0v) is 22.5. The van der Waals surface area contributed by atoms with Gasteiger partial charge in [-0.2, -0.15) is 0 Å². The van der Waals surface area contributed by atoms with E-state index in [1.165, 1.54) is 5.56 Å². The van der Waals surface area contributed by atoms with Crippen molar-refractivity contribution in [3.63, 3.8) is 0 Å². The second-order valence-electron chi connectivity index (χ2n) is 11.1. The lowest BCUT2D eigenvalue weighted by Crippen LogP contribution is -2.52. The maximum Gasteiger partial charge on any atom is 0.226 e. The first-order chi connectivity index (χ1) is 18.5. The molecule has 0 bridgehead atoms. The van der Waals surface area contributed by atoms with Gasteiger partial charge in [0.05, 0.1) is 22.5 Å². The van der Waals surface area contributed by atoms with E-state index in [1.807, 2.05) is 48.2 Å². The first kappa shape index (κ1) is 26.3. The van der Waals surface area contributed by atoms with Gasteiger partial charge >= 0.3 is 0 Å². The quantitative estimate of drug-likeness (QED) is 0.457. The minimum Gasteiger partial charge on any atom is -0.491 e. The van der Waals surface area contributed by atoms with E-state index in [-0.39, 0.29) is 17.9 Å². The predicted octanol–water partition coefficient (Wildman–Crippen LogP) is 5.19. The average molecular weight is 517 g/mol. The Bertz CT molecular complexity index is 1210. The van der Waals surface area contributed by atoms with Crippen LogP contribution in [0, 0.1) is 5.41 Å². The van der Waals surface area contributed by atoms with Crippen LogP contribution >= 0.6 is 0 Å². The topological polar surface area (TPSA) is 87.3 Å². The number of likely N-dealkylation sites (tertiary alicyclic amines) is 1. The van der Waals surface area contributed by atoms with Crippen LogP contribution in [0.15, 0.2) is 48.5 Å². The van der Waals surface area contributed by atoms with E-state index in [4.69, 9.17) is 4.74 Å². The van der Waals surface area contributed by atoms with Gasteiger partial charge in [0.15, 0.2) is 0 Å². The number of carbonyl (C=O) groups is 2. The number of rotatable bonds is 5. The number of nitrogens with zero attached hydrogens (tertiary/aromatic N) is 2. The molecule has 0 aliphatic carbocycles. The highest BCUT2D eigenvalue weighted by Gasteiger charge is 2.42. The second-order valence-corrected chi connectivity index (χ2v) is 11.1. The molecule has 202 valence electrons. The third-order valence-corrected chi connectivity index (χ3v) is 8.24. The number of piperidine rings is 1. The summed E-state index contributed by atoms with van der Waals surface area (Å²) in [6, 6.07) is 16.2. The summed E-state index contributed by atoms with van der Waals surface area (Å²) in [4.78, 5) is 36.4. The molecule has 7 nitrogen and oxygen atoms in total. The Morgan fingerprint density at radius 3 is 2.68 bits per heavy atom. The van der Waals surface area contributed by atoms with Crippen molar-refractivity contribution >= 4 is 22.8 Å². The van der Waals surface area contributed by atoms with Gasteiger partial charge < -0.3 is 19.9 Å². The van der Waals surface area contributed by atoms with Crippen molar-refractivity contribution in [3.05, 3.63) is 59.9 Å². The fourth-order valence-corrected chi connectivity index (χ4v) is 5.89. The number of imidazole rings is 1. The minimum atomic E-state index is -0.398. The van der Waals surface area contributed by atoms with Crippen LogP contribution in [0.25, 0.3) is 11.0 Å². The molecule has 0 unspecified atom stereocenters. The second kappa shape index (κ2) is 12.0. The third kappa shape index (κ3) is 6.20. The van der Waals surface area contributed by atoms with Gasteiger partial charge in [0.25, 0.3) is 0 Å². The number of para-hydroxylation sites is 3. The fraction of sp³-hybridized carbons (Fsp3) is 0.516. The molecule has 2 N–H and O–H groups in total. The number of aromatic amines is 1. The van der Waals surface area contributed by atoms with Crippen molar-refractivity contribution in [1.29, 1.82) is 0 Å². The molecular formula is C31H40N4O3. The Balaban J connectivity index is 1.11. The maximum atomic E-state index is 13.5. The van der Waals surface area contributed by atoms with Gasteiger partial charge in [-0.1, -0.05) is 36.8 Å². The Morgan fingerprint density at radius 1 is 1.05 bits per heavy atom. The van der Waals surface area contributed by atoms with E-state index in [0.29, 0.717) is 26.1 Å². The molecule has 2 aliphatic heterocycles. The summed E-state index contributed by atoms with van der Waals surface area (Å²) >= 11 is 0. The number of carbonyl (C=O) groups excluding carboxylic acids is 2. The Hall–Kier alpha value is -3.35. The summed E-state index contributed by atoms with van der Waals surface area (Å²) in [5, 5.41) is 3.22. The molecule has 2 aliphatic rings. The first-order valence-electron chi connectivity index (χ1n) is 14.3. The lowest BCUT2D eigenvalue weighted by molar-refractivity contribution is -0.141. The van der Waals surface area contributed by atoms with Gasteiger partial charge in [0, 0.05) is 25.9 Å². The molecule has 0 radical (unpaired) electrons. The fourth-order valence-electron chi connectivity index (χ4n) is 5.89. The van der Waals surface area contributed by atoms with Crippen molar-refractivity contribution in [2.45, 2.75) is 77.2 Å². The van der Waals surface area contributed by atoms with Crippen molar-refractivity contribution in [2.24, 2.45) is 5.41 Å². The zero-order valence-electron chi connectivity index (χ0n) is 22.5. The number of ether oxygens (including phenoxy) is 1. The number of aromatic nitrogens is 2. The van der Waals surface area contributed by atoms with E-state index >= 15 is 0 Å². The Labute approximate surface area is 225 Å². The molecule has 1 aromatic heterocycles. The Kier molecular flexibility index (Phi) is 8.30. The van der Waals surface area contributed by atoms with E-state index in [0.717, 1.165) is 80.4 Å². The molecule has 1 spiro atoms. The molecule has 0 saturated carbocycles. The van der Waals surface area contributed by atoms with Crippen molar-refractivity contribution in [1.82, 2.24) is 20.2 Å². The number of unbranched alkanes of at least 4 members (excludes halogenated alkanes) is 1. The molecular weight excluding hydrogens is 476 g/mol. The summed E-state index contributed by atoms with van der Waals surface area (Å²) in [5.41, 5.74) is 2.89. The molecule has 5 rings (SSSR count). The van der Waals surface area contributed by atoms with Crippen LogP contribution < -0.4 is 10.1 Å². The number of amides is 2. The lowest BCUT2D eigenvalue weighted by Gasteiger charge is -2.41. The standard InChI is InChI=1S/C31H40N4O3/c1-23-22-38-27-14-5-2-10-24(27)11-8-9-17-31(30(37)32-23)18-20-35(21-19-31)29(36)16-7-6-15-28-33-25-12-3-4-13-26(25)34-28/h2-5,10,12-14,23H,6-9,11,15-22H2,1H3,(H,32,37)(H,33,34)/t23-/m0/s1. The maximum absolute atomic E-state index is 13.5. The van der Waals surface area contributed by atoms with E-state index in [2.05, 4.69) is 27.4 Å².